The molecule has 0 saturated carbocycles. The molecule has 0 fully saturated rings. The third kappa shape index (κ3) is 3.29. The lowest BCUT2D eigenvalue weighted by atomic mass is 9.80. The van der Waals surface area contributed by atoms with Crippen molar-refractivity contribution in [1.82, 2.24) is 4.98 Å². The van der Waals surface area contributed by atoms with Gasteiger partial charge >= 0.3 is 0 Å². The van der Waals surface area contributed by atoms with Crippen molar-refractivity contribution in [3.05, 3.63) is 39.9 Å². The Bertz CT molecular complexity index is 609. The molecule has 0 spiro atoms. The van der Waals surface area contributed by atoms with Crippen molar-refractivity contribution in [1.29, 1.82) is 0 Å². The molecule has 0 saturated heterocycles. The van der Waals surface area contributed by atoms with Crippen LogP contribution in [0.5, 0.6) is 0 Å². The molecule has 0 aliphatic rings. The van der Waals surface area contributed by atoms with Gasteiger partial charge in [-0.05, 0) is 54.9 Å². The second-order valence-electron chi connectivity index (χ2n) is 6.26. The van der Waals surface area contributed by atoms with Gasteiger partial charge in [0, 0.05) is 11.1 Å². The molecule has 0 unspecified atom stereocenters. The van der Waals surface area contributed by atoms with Crippen molar-refractivity contribution in [2.45, 2.75) is 59.8 Å². The number of hydrogen-bond acceptors (Lipinski definition) is 3. The van der Waals surface area contributed by atoms with E-state index in [2.05, 4.69) is 64.0 Å². The molecule has 114 valence electrons. The van der Waals surface area contributed by atoms with Crippen molar-refractivity contribution < 1.29 is 0 Å². The van der Waals surface area contributed by atoms with Crippen LogP contribution in [0.15, 0.2) is 18.3 Å². The van der Waals surface area contributed by atoms with Crippen molar-refractivity contribution in [3.8, 4) is 0 Å². The highest BCUT2D eigenvalue weighted by atomic mass is 32.1. The van der Waals surface area contributed by atoms with Gasteiger partial charge in [0.05, 0.1) is 5.00 Å². The minimum atomic E-state index is 0.226. The lowest BCUT2D eigenvalue weighted by molar-refractivity contribution is 0.503. The van der Waals surface area contributed by atoms with Crippen LogP contribution in [0.3, 0.4) is 0 Å². The van der Waals surface area contributed by atoms with E-state index >= 15 is 0 Å². The molecule has 2 nitrogen and oxygen atoms in total. The largest absolute Gasteiger partial charge is 0.332 e. The zero-order chi connectivity index (χ0) is 15.6. The van der Waals surface area contributed by atoms with E-state index in [1.54, 1.807) is 0 Å². The molecule has 0 aliphatic carbocycles. The summed E-state index contributed by atoms with van der Waals surface area (Å²) in [6, 6.07) is 4.21. The molecular formula is C18H26N2S. The fourth-order valence-electron chi connectivity index (χ4n) is 2.76. The topological polar surface area (TPSA) is 24.9 Å². The van der Waals surface area contributed by atoms with Gasteiger partial charge in [-0.25, -0.2) is 4.98 Å². The summed E-state index contributed by atoms with van der Waals surface area (Å²) in [5.74, 6) is 0.928. The van der Waals surface area contributed by atoms with E-state index in [1.807, 2.05) is 17.5 Å². The number of hydrogen-bond donors (Lipinski definition) is 1. The van der Waals surface area contributed by atoms with Crippen LogP contribution in [0.25, 0.3) is 0 Å². The van der Waals surface area contributed by atoms with Gasteiger partial charge in [-0.1, -0.05) is 33.8 Å². The molecule has 0 radical (unpaired) electrons. The van der Waals surface area contributed by atoms with Crippen molar-refractivity contribution in [3.63, 3.8) is 0 Å². The number of thiophene rings is 1. The van der Waals surface area contributed by atoms with E-state index < -0.39 is 0 Å². The highest BCUT2D eigenvalue weighted by Crippen LogP contribution is 2.41. The molecule has 2 aromatic heterocycles. The van der Waals surface area contributed by atoms with Gasteiger partial charge in [-0.15, -0.1) is 11.3 Å². The third-order valence-corrected chi connectivity index (χ3v) is 5.48. The molecule has 3 heteroatoms. The lowest BCUT2D eigenvalue weighted by Crippen LogP contribution is -2.17. The maximum atomic E-state index is 4.50. The van der Waals surface area contributed by atoms with Gasteiger partial charge in [0.15, 0.2) is 0 Å². The number of pyridine rings is 1. The Morgan fingerprint density at radius 3 is 2.43 bits per heavy atom. The SMILES string of the molecule is CCc1ccc(Nc2sc(C)c(C(C)(C)CC)c2C)nc1. The summed E-state index contributed by atoms with van der Waals surface area (Å²) >= 11 is 1.84. The van der Waals surface area contributed by atoms with Crippen molar-refractivity contribution >= 4 is 22.2 Å². The molecule has 2 rings (SSSR count). The Morgan fingerprint density at radius 2 is 1.90 bits per heavy atom. The molecule has 21 heavy (non-hydrogen) atoms. The van der Waals surface area contributed by atoms with Gasteiger partial charge in [0.25, 0.3) is 0 Å². The van der Waals surface area contributed by atoms with Crippen molar-refractivity contribution in [2.24, 2.45) is 0 Å². The maximum absolute atomic E-state index is 4.50. The van der Waals surface area contributed by atoms with Crippen LogP contribution in [0.2, 0.25) is 0 Å². The maximum Gasteiger partial charge on any atom is 0.130 e. The highest BCUT2D eigenvalue weighted by molar-refractivity contribution is 7.16. The first-order valence-electron chi connectivity index (χ1n) is 7.71. The minimum absolute atomic E-state index is 0.226. The van der Waals surface area contributed by atoms with Crippen LogP contribution in [0.1, 0.15) is 55.7 Å². The molecular weight excluding hydrogens is 276 g/mol. The van der Waals surface area contributed by atoms with E-state index in [0.717, 1.165) is 18.7 Å². The van der Waals surface area contributed by atoms with Crippen LogP contribution >= 0.6 is 11.3 Å². The Hall–Kier alpha value is -1.35. The van der Waals surface area contributed by atoms with Crippen LogP contribution in [0.4, 0.5) is 10.8 Å². The molecule has 2 heterocycles. The van der Waals surface area contributed by atoms with Gasteiger partial charge in [0.1, 0.15) is 5.82 Å². The van der Waals surface area contributed by atoms with Gasteiger partial charge < -0.3 is 5.32 Å². The number of rotatable bonds is 5. The lowest BCUT2D eigenvalue weighted by Gasteiger charge is -2.24. The smallest absolute Gasteiger partial charge is 0.130 e. The zero-order valence-corrected chi connectivity index (χ0v) is 14.8. The van der Waals surface area contributed by atoms with E-state index in [9.17, 15) is 0 Å². The third-order valence-electron chi connectivity index (χ3n) is 4.36. The first-order valence-corrected chi connectivity index (χ1v) is 8.53. The molecule has 1 N–H and O–H groups in total. The van der Waals surface area contributed by atoms with Crippen molar-refractivity contribution in [2.75, 3.05) is 5.32 Å². The number of aromatic nitrogens is 1. The van der Waals surface area contributed by atoms with E-state index in [4.69, 9.17) is 0 Å². The van der Waals surface area contributed by atoms with Gasteiger partial charge in [-0.3, -0.25) is 0 Å². The monoisotopic (exact) mass is 302 g/mol. The number of nitrogens with one attached hydrogen (secondary N) is 1. The first-order chi connectivity index (χ1) is 9.89. The van der Waals surface area contributed by atoms with Gasteiger partial charge in [-0.2, -0.15) is 0 Å². The summed E-state index contributed by atoms with van der Waals surface area (Å²) in [5, 5.41) is 4.71. The average molecular weight is 302 g/mol. The zero-order valence-electron chi connectivity index (χ0n) is 14.0. The molecule has 2 aromatic rings. The van der Waals surface area contributed by atoms with Crippen LogP contribution in [-0.2, 0) is 11.8 Å². The summed E-state index contributed by atoms with van der Waals surface area (Å²) in [5.41, 5.74) is 4.35. The molecule has 0 atom stereocenters. The highest BCUT2D eigenvalue weighted by Gasteiger charge is 2.26. The normalized spacial score (nSPS) is 11.7. The minimum Gasteiger partial charge on any atom is -0.332 e. The predicted molar refractivity (Wildman–Crippen MR) is 94.0 cm³/mol. The second kappa shape index (κ2) is 6.18. The predicted octanol–water partition coefficient (Wildman–Crippen LogP) is 5.75. The van der Waals surface area contributed by atoms with Crippen LogP contribution in [-0.4, -0.2) is 4.98 Å². The summed E-state index contributed by atoms with van der Waals surface area (Å²) in [4.78, 5) is 5.91. The summed E-state index contributed by atoms with van der Waals surface area (Å²) in [7, 11) is 0. The molecule has 0 bridgehead atoms. The standard InChI is InChI=1S/C18H26N2S/c1-7-14-9-10-15(19-11-14)20-17-12(3)16(13(4)21-17)18(5,6)8-2/h9-11H,7-8H2,1-6H3,(H,19,20). The summed E-state index contributed by atoms with van der Waals surface area (Å²) in [6.07, 6.45) is 4.13. The van der Waals surface area contributed by atoms with Crippen LogP contribution in [0, 0.1) is 13.8 Å². The van der Waals surface area contributed by atoms with E-state index in [-0.39, 0.29) is 5.41 Å². The quantitative estimate of drug-likeness (QED) is 0.760. The van der Waals surface area contributed by atoms with Crippen LogP contribution < -0.4 is 5.32 Å². The van der Waals surface area contributed by atoms with E-state index in [0.29, 0.717) is 0 Å². The second-order valence-corrected chi connectivity index (χ2v) is 7.48. The van der Waals surface area contributed by atoms with E-state index in [1.165, 1.54) is 26.6 Å². The Morgan fingerprint density at radius 1 is 1.19 bits per heavy atom. The Kier molecular flexibility index (Phi) is 4.72. The Labute approximate surface area is 132 Å². The molecule has 0 aromatic carbocycles. The van der Waals surface area contributed by atoms with Gasteiger partial charge in [0.2, 0.25) is 0 Å². The molecule has 0 amide bonds. The molecule has 0 aliphatic heterocycles. The number of aryl methyl sites for hydroxylation is 2. The summed E-state index contributed by atoms with van der Waals surface area (Å²) < 4.78 is 0. The Balaban J connectivity index is 2.31. The number of nitrogens with zero attached hydrogens (tertiary/aromatic N) is 1. The summed E-state index contributed by atoms with van der Waals surface area (Å²) in [6.45, 7) is 13.5. The fraction of sp³-hybridized carbons (Fsp3) is 0.500. The first kappa shape index (κ1) is 16.0. The fourth-order valence-corrected chi connectivity index (χ4v) is 4.01. The average Bonchev–Trinajstić information content (AvgIpc) is 2.74. The number of anilines is 2.